The SMILES string of the molecule is NCCCC(N)CC(=O)NCCCC(N)CC(=O)NCCCC(N)CC(=O)NCCCC(N)CC(=O)NCCCC(N)CC(=O)NCCCC(N)CC(=O)NC1C(NC2=N[C@@H]3C(=O)NC[C@@H](O)[C@H]3N2)OC(COC(N)=O)C(O)C1O. The van der Waals surface area contributed by atoms with Gasteiger partial charge >= 0.3 is 6.09 Å². The van der Waals surface area contributed by atoms with Crippen molar-refractivity contribution in [2.45, 2.75) is 201 Å². The smallest absolute Gasteiger partial charge is 0.404 e. The van der Waals surface area contributed by atoms with Crippen LogP contribution in [-0.4, -0.2) is 206 Å². The highest BCUT2D eigenvalue weighted by molar-refractivity contribution is 5.93. The van der Waals surface area contributed by atoms with Gasteiger partial charge in [0.05, 0.1) is 12.1 Å². The van der Waals surface area contributed by atoms with E-state index in [1.165, 1.54) is 0 Å². The van der Waals surface area contributed by atoms with Gasteiger partial charge in [-0.05, 0) is 83.6 Å². The van der Waals surface area contributed by atoms with Crippen LogP contribution in [0.5, 0.6) is 0 Å². The molecule has 2 fully saturated rings. The molecule has 28 N–H and O–H groups in total. The Labute approximate surface area is 467 Å². The molecule has 0 bridgehead atoms. The first kappa shape index (κ1) is 68.7. The average molecular weight is 1140 g/mol. The molecular weight excluding hydrogens is 1050 g/mol. The third kappa shape index (κ3) is 27.7. The molecule has 31 nitrogen and oxygen atoms in total. The number of rotatable bonds is 39. The lowest BCUT2D eigenvalue weighted by atomic mass is 9.95. The molecule has 8 amide bonds. The molecule has 0 aliphatic carbocycles. The van der Waals surface area contributed by atoms with Gasteiger partial charge in [0.1, 0.15) is 31.0 Å². The van der Waals surface area contributed by atoms with Crippen LogP contribution in [0, 0.1) is 0 Å². The number of aliphatic hydroxyl groups is 3. The van der Waals surface area contributed by atoms with Gasteiger partial charge in [0.2, 0.25) is 41.4 Å². The van der Waals surface area contributed by atoms with Crippen molar-refractivity contribution in [1.82, 2.24) is 47.9 Å². The van der Waals surface area contributed by atoms with Crippen molar-refractivity contribution in [3.63, 3.8) is 0 Å². The van der Waals surface area contributed by atoms with Crippen molar-refractivity contribution in [2.75, 3.05) is 52.4 Å². The molecule has 0 spiro atoms. The Balaban J connectivity index is 1.19. The number of hydrogen-bond donors (Lipinski definition) is 20. The van der Waals surface area contributed by atoms with Crippen molar-refractivity contribution in [2.24, 2.45) is 50.9 Å². The molecule has 0 aromatic rings. The van der Waals surface area contributed by atoms with E-state index in [4.69, 9.17) is 55.3 Å². The Kier molecular flexibility index (Phi) is 32.1. The number of carbonyl (C=O) groups excluding carboxylic acids is 8. The maximum Gasteiger partial charge on any atom is 0.404 e. The minimum absolute atomic E-state index is 0.000522. The van der Waals surface area contributed by atoms with Crippen LogP contribution < -0.4 is 93.7 Å². The Bertz CT molecular complexity index is 1980. The quantitative estimate of drug-likeness (QED) is 0.0254. The molecule has 11 unspecified atom stereocenters. The Morgan fingerprint density at radius 2 is 0.963 bits per heavy atom. The summed E-state index contributed by atoms with van der Waals surface area (Å²) < 4.78 is 10.6. The number of aliphatic hydroxyl groups excluding tert-OH is 3. The number of nitrogens with zero attached hydrogens (tertiary/aromatic N) is 1. The van der Waals surface area contributed by atoms with Crippen molar-refractivity contribution in [3.8, 4) is 0 Å². The number of β-amino-alcohol motifs (C(OH)–C–C–N with tert-alkyl or cyclic N) is 1. The number of ether oxygens (including phenoxy) is 2. The second-order valence-corrected chi connectivity index (χ2v) is 21.0. The number of piperidine rings is 1. The van der Waals surface area contributed by atoms with Crippen LogP contribution in [0.25, 0.3) is 0 Å². The highest BCUT2D eigenvalue weighted by atomic mass is 16.6. The first-order chi connectivity index (χ1) is 38.0. The van der Waals surface area contributed by atoms with E-state index < -0.39 is 91.4 Å². The maximum atomic E-state index is 13.2. The highest BCUT2D eigenvalue weighted by Gasteiger charge is 2.48. The van der Waals surface area contributed by atoms with Gasteiger partial charge in [-0.15, -0.1) is 0 Å². The third-order valence-corrected chi connectivity index (χ3v) is 13.7. The molecule has 3 heterocycles. The molecule has 0 radical (unpaired) electrons. The van der Waals surface area contributed by atoms with E-state index in [2.05, 4.69) is 52.8 Å². The number of carbonyl (C=O) groups is 8. The lowest BCUT2D eigenvalue weighted by molar-refractivity contribution is -0.198. The summed E-state index contributed by atoms with van der Waals surface area (Å²) in [5.41, 5.74) is 47.3. The van der Waals surface area contributed by atoms with Gasteiger partial charge in [0, 0.05) is 114 Å². The van der Waals surface area contributed by atoms with Crippen molar-refractivity contribution in [3.05, 3.63) is 0 Å². The Hall–Kier alpha value is -5.61. The monoisotopic (exact) mass is 1140 g/mol. The van der Waals surface area contributed by atoms with E-state index >= 15 is 0 Å². The van der Waals surface area contributed by atoms with Crippen LogP contribution in [0.2, 0.25) is 0 Å². The standard InChI is InChI=1S/C49H94N18O13/c50-13-1-7-27(51)19-35(69)58-14-2-8-28(52)20-36(70)59-15-3-9-29(53)21-37(71)60-16-4-10-30(54)22-38(72)61-17-5-11-31(55)23-39(73)62-18-6-12-32(56)24-40(74)64-43-45(76)44(75)34(26-79-48(57)78)80-47(43)67-49-65-41-33(68)25-63-46(77)42(41)66-49/h27-34,41-45,47,68,75-76H,1-26,50-56H2,(H2,57,78)(H,58,69)(H,59,70)(H,60,71)(H,61,72)(H,62,73)(H,63,77)(H,64,74)(H2,65,66,67)/t27?,28?,29?,30?,31?,32?,33-,34?,41-,42+,43?,44?,45?,47?/m1/s1. The first-order valence-electron chi connectivity index (χ1n) is 27.9. The molecule has 80 heavy (non-hydrogen) atoms. The molecule has 3 aliphatic rings. The molecule has 0 aromatic carbocycles. The third-order valence-electron chi connectivity index (χ3n) is 13.7. The summed E-state index contributed by atoms with van der Waals surface area (Å²) in [5.74, 6) is -2.03. The summed E-state index contributed by atoms with van der Waals surface area (Å²) in [6, 6.07) is -5.52. The van der Waals surface area contributed by atoms with E-state index in [1.54, 1.807) is 0 Å². The van der Waals surface area contributed by atoms with Crippen LogP contribution in [0.3, 0.4) is 0 Å². The largest absolute Gasteiger partial charge is 0.447 e. The van der Waals surface area contributed by atoms with Crippen LogP contribution >= 0.6 is 0 Å². The fourth-order valence-electron chi connectivity index (χ4n) is 9.21. The van der Waals surface area contributed by atoms with Gasteiger partial charge in [0.15, 0.2) is 18.2 Å². The first-order valence-corrected chi connectivity index (χ1v) is 27.9. The molecule has 0 saturated carbocycles. The highest BCUT2D eigenvalue weighted by Crippen LogP contribution is 2.23. The molecule has 31 heteroatoms. The number of nitrogens with one attached hydrogen (secondary N) is 9. The van der Waals surface area contributed by atoms with Gasteiger partial charge in [-0.1, -0.05) is 0 Å². The lowest BCUT2D eigenvalue weighted by Crippen LogP contribution is -2.69. The van der Waals surface area contributed by atoms with E-state index in [0.29, 0.717) is 103 Å². The predicted octanol–water partition coefficient (Wildman–Crippen LogP) is -7.68. The topological polar surface area (TPSA) is 544 Å². The summed E-state index contributed by atoms with van der Waals surface area (Å²) in [5, 5.41) is 57.2. The minimum atomic E-state index is -1.66. The zero-order valence-corrected chi connectivity index (χ0v) is 46.0. The lowest BCUT2D eigenvalue weighted by Gasteiger charge is -2.43. The van der Waals surface area contributed by atoms with Crippen LogP contribution in [0.4, 0.5) is 4.79 Å². The molecular formula is C49H94N18O13. The normalized spacial score (nSPS) is 23.7. The fraction of sp³-hybridized carbons (Fsp3) is 0.816. The van der Waals surface area contributed by atoms with Crippen molar-refractivity contribution in [1.29, 1.82) is 0 Å². The molecule has 3 aliphatic heterocycles. The van der Waals surface area contributed by atoms with E-state index in [-0.39, 0.29) is 105 Å². The number of fused-ring (bicyclic) bond motifs is 1. The van der Waals surface area contributed by atoms with E-state index in [0.717, 1.165) is 6.42 Å². The van der Waals surface area contributed by atoms with E-state index in [1.807, 2.05) is 0 Å². The molecule has 0 aromatic heterocycles. The van der Waals surface area contributed by atoms with Gasteiger partial charge in [-0.2, -0.15) is 0 Å². The number of amides is 8. The van der Waals surface area contributed by atoms with Gasteiger partial charge in [-0.3, -0.25) is 33.6 Å². The minimum Gasteiger partial charge on any atom is -0.447 e. The van der Waals surface area contributed by atoms with Crippen molar-refractivity contribution >= 4 is 53.4 Å². The zero-order valence-electron chi connectivity index (χ0n) is 46.0. The number of nitrogens with two attached hydrogens (primary N) is 8. The van der Waals surface area contributed by atoms with Gasteiger partial charge < -0.3 is 119 Å². The van der Waals surface area contributed by atoms with Gasteiger partial charge in [0.25, 0.3) is 0 Å². The fourth-order valence-corrected chi connectivity index (χ4v) is 9.21. The van der Waals surface area contributed by atoms with Crippen LogP contribution in [-0.2, 0) is 43.0 Å². The van der Waals surface area contributed by atoms with Gasteiger partial charge in [-0.25, -0.2) is 9.79 Å². The molecule has 3 rings (SSSR count). The Morgan fingerprint density at radius 1 is 0.588 bits per heavy atom. The Morgan fingerprint density at radius 3 is 1.32 bits per heavy atom. The van der Waals surface area contributed by atoms with Crippen molar-refractivity contribution < 1.29 is 63.1 Å². The molecule has 14 atom stereocenters. The average Bonchev–Trinajstić information content (AvgIpc) is 3.97. The number of guanidine groups is 1. The molecule has 2 saturated heterocycles. The summed E-state index contributed by atoms with van der Waals surface area (Å²) in [7, 11) is 0. The predicted molar refractivity (Wildman–Crippen MR) is 294 cm³/mol. The van der Waals surface area contributed by atoms with Crippen LogP contribution in [0.1, 0.15) is 116 Å². The number of primary amides is 1. The summed E-state index contributed by atoms with van der Waals surface area (Å²) in [4.78, 5) is 103. The number of hydrogen-bond acceptors (Lipinski definition) is 23. The second-order valence-electron chi connectivity index (χ2n) is 21.0. The van der Waals surface area contributed by atoms with E-state index in [9.17, 15) is 53.7 Å². The zero-order chi connectivity index (χ0) is 59.1. The van der Waals surface area contributed by atoms with Crippen LogP contribution in [0.15, 0.2) is 4.99 Å². The summed E-state index contributed by atoms with van der Waals surface area (Å²) in [6.07, 6.45) is -0.908. The number of aliphatic imine (C=N–C) groups is 1. The molecule has 458 valence electrons. The summed E-state index contributed by atoms with van der Waals surface area (Å²) in [6.45, 7) is 1.83. The second kappa shape index (κ2) is 37.4. The maximum absolute atomic E-state index is 13.2. The summed E-state index contributed by atoms with van der Waals surface area (Å²) >= 11 is 0.